The van der Waals surface area contributed by atoms with Crippen molar-refractivity contribution in [2.75, 3.05) is 32.7 Å². The molecule has 1 aliphatic rings. The van der Waals surface area contributed by atoms with Crippen molar-refractivity contribution < 1.29 is 4.39 Å². The average molecular weight is 247 g/mol. The van der Waals surface area contributed by atoms with Crippen molar-refractivity contribution in [1.29, 1.82) is 0 Å². The molecule has 1 aromatic heterocycles. The summed E-state index contributed by atoms with van der Waals surface area (Å²) in [6.07, 6.45) is 2.56. The van der Waals surface area contributed by atoms with Gasteiger partial charge in [0, 0.05) is 44.3 Å². The molecule has 18 heavy (non-hydrogen) atoms. The lowest BCUT2D eigenvalue weighted by atomic mass is 10.1. The summed E-state index contributed by atoms with van der Waals surface area (Å²) in [6, 6.07) is 5.80. The van der Waals surface area contributed by atoms with Crippen molar-refractivity contribution in [2.24, 2.45) is 0 Å². The fourth-order valence-electron chi connectivity index (χ4n) is 2.54. The van der Waals surface area contributed by atoms with Crippen LogP contribution in [0.2, 0.25) is 0 Å². The minimum atomic E-state index is -0.0902. The van der Waals surface area contributed by atoms with Gasteiger partial charge in [0.05, 0.1) is 5.52 Å². The Balaban J connectivity index is 1.71. The van der Waals surface area contributed by atoms with Crippen LogP contribution in [-0.4, -0.2) is 42.6 Å². The molecular formula is C14H18FN3. The van der Waals surface area contributed by atoms with E-state index in [0.717, 1.165) is 50.1 Å². The number of nitrogens with zero attached hydrogens (tertiary/aromatic N) is 1. The van der Waals surface area contributed by atoms with Gasteiger partial charge < -0.3 is 15.2 Å². The second kappa shape index (κ2) is 5.08. The van der Waals surface area contributed by atoms with E-state index >= 15 is 0 Å². The minimum Gasteiger partial charge on any atom is -0.359 e. The lowest BCUT2D eigenvalue weighted by Gasteiger charge is -2.27. The summed E-state index contributed by atoms with van der Waals surface area (Å²) in [5.74, 6) is -0.0902. The number of fused-ring (bicyclic) bond motifs is 1. The quantitative estimate of drug-likeness (QED) is 0.866. The molecule has 0 atom stereocenters. The first-order chi connectivity index (χ1) is 8.84. The van der Waals surface area contributed by atoms with Crippen molar-refractivity contribution in [2.45, 2.75) is 6.42 Å². The molecule has 1 aromatic carbocycles. The van der Waals surface area contributed by atoms with Crippen LogP contribution in [0.15, 0.2) is 24.4 Å². The van der Waals surface area contributed by atoms with Gasteiger partial charge in [-0.05, 0) is 18.1 Å². The number of benzene rings is 1. The first-order valence-corrected chi connectivity index (χ1v) is 6.52. The van der Waals surface area contributed by atoms with E-state index in [2.05, 4.69) is 15.2 Å². The van der Waals surface area contributed by atoms with Gasteiger partial charge in [0.15, 0.2) is 0 Å². The molecule has 2 heterocycles. The normalized spacial score (nSPS) is 17.4. The highest BCUT2D eigenvalue weighted by Crippen LogP contribution is 2.20. The third-order valence-corrected chi connectivity index (χ3v) is 3.65. The molecule has 3 rings (SSSR count). The minimum absolute atomic E-state index is 0.0902. The van der Waals surface area contributed by atoms with Crippen LogP contribution in [0.5, 0.6) is 0 Å². The molecule has 1 saturated heterocycles. The van der Waals surface area contributed by atoms with E-state index in [1.54, 1.807) is 6.20 Å². The molecule has 4 heteroatoms. The highest BCUT2D eigenvalue weighted by Gasteiger charge is 2.12. The van der Waals surface area contributed by atoms with Crippen LogP contribution in [-0.2, 0) is 6.42 Å². The maximum Gasteiger partial charge on any atom is 0.150 e. The van der Waals surface area contributed by atoms with Crippen molar-refractivity contribution >= 4 is 10.9 Å². The van der Waals surface area contributed by atoms with Crippen LogP contribution in [0.3, 0.4) is 0 Å². The number of rotatable bonds is 3. The van der Waals surface area contributed by atoms with Gasteiger partial charge >= 0.3 is 0 Å². The Labute approximate surface area is 106 Å². The maximum atomic E-state index is 14.2. The summed E-state index contributed by atoms with van der Waals surface area (Å²) in [5.41, 5.74) is 1.44. The van der Waals surface area contributed by atoms with Crippen LogP contribution in [0, 0.1) is 5.82 Å². The average Bonchev–Trinajstić information content (AvgIpc) is 2.88. The van der Waals surface area contributed by atoms with Crippen molar-refractivity contribution in [3.63, 3.8) is 0 Å². The molecule has 3 nitrogen and oxygen atoms in total. The standard InChI is InChI=1S/C14H18FN3/c15-13-11(1-2-12-3-5-17-14(12)13)4-8-18-9-6-16-7-10-18/h1-3,5,16-17H,4,6-10H2. The monoisotopic (exact) mass is 247 g/mol. The Morgan fingerprint density at radius 3 is 2.83 bits per heavy atom. The van der Waals surface area contributed by atoms with E-state index in [1.165, 1.54) is 0 Å². The SMILES string of the molecule is Fc1c(CCN2CCNCC2)ccc2cc[nH]c12. The Morgan fingerprint density at radius 2 is 2.00 bits per heavy atom. The van der Waals surface area contributed by atoms with Crippen LogP contribution >= 0.6 is 0 Å². The zero-order chi connectivity index (χ0) is 12.4. The second-order valence-corrected chi connectivity index (χ2v) is 4.82. The lowest BCUT2D eigenvalue weighted by molar-refractivity contribution is 0.243. The molecular weight excluding hydrogens is 229 g/mol. The molecule has 0 bridgehead atoms. The molecule has 0 amide bonds. The lowest BCUT2D eigenvalue weighted by Crippen LogP contribution is -2.44. The van der Waals surface area contributed by atoms with E-state index < -0.39 is 0 Å². The maximum absolute atomic E-state index is 14.2. The van der Waals surface area contributed by atoms with Gasteiger partial charge in [-0.3, -0.25) is 0 Å². The van der Waals surface area contributed by atoms with Crippen LogP contribution in [0.1, 0.15) is 5.56 Å². The molecule has 2 N–H and O–H groups in total. The highest BCUT2D eigenvalue weighted by atomic mass is 19.1. The van der Waals surface area contributed by atoms with Gasteiger partial charge in [0.1, 0.15) is 5.82 Å². The topological polar surface area (TPSA) is 31.1 Å². The van der Waals surface area contributed by atoms with Gasteiger partial charge in [-0.1, -0.05) is 12.1 Å². The molecule has 0 radical (unpaired) electrons. The van der Waals surface area contributed by atoms with Crippen LogP contribution in [0.25, 0.3) is 10.9 Å². The molecule has 0 unspecified atom stereocenters. The smallest absolute Gasteiger partial charge is 0.150 e. The number of hydrogen-bond acceptors (Lipinski definition) is 2. The summed E-state index contributed by atoms with van der Waals surface area (Å²) in [5, 5.41) is 4.27. The van der Waals surface area contributed by atoms with Crippen molar-refractivity contribution in [3.05, 3.63) is 35.8 Å². The highest BCUT2D eigenvalue weighted by molar-refractivity contribution is 5.80. The third kappa shape index (κ3) is 2.26. The Hall–Kier alpha value is -1.39. The number of aromatic nitrogens is 1. The van der Waals surface area contributed by atoms with Crippen LogP contribution in [0.4, 0.5) is 4.39 Å². The number of nitrogens with one attached hydrogen (secondary N) is 2. The fourth-order valence-corrected chi connectivity index (χ4v) is 2.54. The summed E-state index contributed by atoms with van der Waals surface area (Å²) >= 11 is 0. The Bertz CT molecular complexity index is 529. The summed E-state index contributed by atoms with van der Waals surface area (Å²) < 4.78 is 14.2. The largest absolute Gasteiger partial charge is 0.359 e. The fraction of sp³-hybridized carbons (Fsp3) is 0.429. The number of H-pyrrole nitrogens is 1. The third-order valence-electron chi connectivity index (χ3n) is 3.65. The van der Waals surface area contributed by atoms with Gasteiger partial charge in [-0.2, -0.15) is 0 Å². The molecule has 0 spiro atoms. The van der Waals surface area contributed by atoms with E-state index in [4.69, 9.17) is 0 Å². The van der Waals surface area contributed by atoms with Gasteiger partial charge in [0.25, 0.3) is 0 Å². The van der Waals surface area contributed by atoms with E-state index in [0.29, 0.717) is 5.52 Å². The predicted molar refractivity (Wildman–Crippen MR) is 71.3 cm³/mol. The molecule has 96 valence electrons. The summed E-state index contributed by atoms with van der Waals surface area (Å²) in [4.78, 5) is 5.35. The van der Waals surface area contributed by atoms with Crippen molar-refractivity contribution in [1.82, 2.24) is 15.2 Å². The first-order valence-electron chi connectivity index (χ1n) is 6.52. The van der Waals surface area contributed by atoms with E-state index in [1.807, 2.05) is 18.2 Å². The zero-order valence-electron chi connectivity index (χ0n) is 10.4. The molecule has 1 aliphatic heterocycles. The number of halogens is 1. The summed E-state index contributed by atoms with van der Waals surface area (Å²) in [7, 11) is 0. The van der Waals surface area contributed by atoms with Gasteiger partial charge in [0.2, 0.25) is 0 Å². The Kier molecular flexibility index (Phi) is 3.30. The van der Waals surface area contributed by atoms with Crippen LogP contribution < -0.4 is 5.32 Å². The predicted octanol–water partition coefficient (Wildman–Crippen LogP) is 1.75. The molecule has 2 aromatic rings. The van der Waals surface area contributed by atoms with Gasteiger partial charge in [-0.15, -0.1) is 0 Å². The van der Waals surface area contributed by atoms with E-state index in [9.17, 15) is 4.39 Å². The second-order valence-electron chi connectivity index (χ2n) is 4.82. The number of aromatic amines is 1. The first kappa shape index (κ1) is 11.7. The van der Waals surface area contributed by atoms with E-state index in [-0.39, 0.29) is 5.82 Å². The number of hydrogen-bond donors (Lipinski definition) is 2. The van der Waals surface area contributed by atoms with Crippen molar-refractivity contribution in [3.8, 4) is 0 Å². The number of piperazine rings is 1. The summed E-state index contributed by atoms with van der Waals surface area (Å²) in [6.45, 7) is 5.14. The molecule has 1 fully saturated rings. The zero-order valence-corrected chi connectivity index (χ0v) is 10.4. The molecule has 0 saturated carbocycles. The molecule has 0 aliphatic carbocycles. The Morgan fingerprint density at radius 1 is 1.17 bits per heavy atom. The van der Waals surface area contributed by atoms with Gasteiger partial charge in [-0.25, -0.2) is 4.39 Å².